The molecule has 0 atom stereocenters. The number of hydrogen-bond acceptors (Lipinski definition) is 1. The molecule has 0 radical (unpaired) electrons. The van der Waals surface area contributed by atoms with Gasteiger partial charge in [0.25, 0.3) is 0 Å². The maximum Gasteiger partial charge on any atom is 0.0211 e. The van der Waals surface area contributed by atoms with Gasteiger partial charge in [0.15, 0.2) is 0 Å². The van der Waals surface area contributed by atoms with Gasteiger partial charge < -0.3 is 5.32 Å². The standard InChI is InChI=1S/C15H23N/c1-3-5-6-9-12-16-13-15-11-8-7-10-14(15)4-2/h4,7-8,10-11,16H,2-3,5-6,9,12-13H2,1H3. The molecule has 0 unspecified atom stereocenters. The summed E-state index contributed by atoms with van der Waals surface area (Å²) < 4.78 is 0. The second kappa shape index (κ2) is 8.12. The van der Waals surface area contributed by atoms with Gasteiger partial charge in [-0.3, -0.25) is 0 Å². The third-order valence-corrected chi connectivity index (χ3v) is 2.80. The number of benzene rings is 1. The van der Waals surface area contributed by atoms with Crippen LogP contribution in [-0.2, 0) is 6.54 Å². The molecule has 0 aromatic heterocycles. The Morgan fingerprint density at radius 1 is 1.19 bits per heavy atom. The minimum absolute atomic E-state index is 0.953. The quantitative estimate of drug-likeness (QED) is 0.649. The Morgan fingerprint density at radius 3 is 2.75 bits per heavy atom. The molecular formula is C15H23N. The van der Waals surface area contributed by atoms with E-state index in [0.717, 1.165) is 13.1 Å². The first-order chi connectivity index (χ1) is 7.88. The fourth-order valence-electron chi connectivity index (χ4n) is 1.79. The topological polar surface area (TPSA) is 12.0 Å². The van der Waals surface area contributed by atoms with Crippen LogP contribution in [0.5, 0.6) is 0 Å². The maximum absolute atomic E-state index is 3.83. The Morgan fingerprint density at radius 2 is 2.00 bits per heavy atom. The van der Waals surface area contributed by atoms with Gasteiger partial charge >= 0.3 is 0 Å². The monoisotopic (exact) mass is 217 g/mol. The van der Waals surface area contributed by atoms with Crippen molar-refractivity contribution in [2.45, 2.75) is 39.2 Å². The van der Waals surface area contributed by atoms with Crippen molar-refractivity contribution in [1.82, 2.24) is 5.32 Å². The first-order valence-electron chi connectivity index (χ1n) is 6.29. The zero-order valence-corrected chi connectivity index (χ0v) is 10.3. The van der Waals surface area contributed by atoms with E-state index in [4.69, 9.17) is 0 Å². The van der Waals surface area contributed by atoms with E-state index >= 15 is 0 Å². The lowest BCUT2D eigenvalue weighted by Gasteiger charge is -2.07. The molecule has 0 aliphatic carbocycles. The largest absolute Gasteiger partial charge is 0.313 e. The molecule has 0 saturated carbocycles. The van der Waals surface area contributed by atoms with Crippen molar-refractivity contribution in [3.05, 3.63) is 42.0 Å². The van der Waals surface area contributed by atoms with Crippen LogP contribution in [0, 0.1) is 0 Å². The molecule has 88 valence electrons. The van der Waals surface area contributed by atoms with E-state index in [1.807, 2.05) is 6.08 Å². The number of unbranched alkanes of at least 4 members (excludes halogenated alkanes) is 3. The summed E-state index contributed by atoms with van der Waals surface area (Å²) in [7, 11) is 0. The van der Waals surface area contributed by atoms with Gasteiger partial charge in [0, 0.05) is 6.54 Å². The number of hydrogen-bond donors (Lipinski definition) is 1. The minimum Gasteiger partial charge on any atom is -0.313 e. The lowest BCUT2D eigenvalue weighted by atomic mass is 10.1. The molecule has 0 spiro atoms. The molecule has 1 aromatic carbocycles. The molecule has 1 heteroatoms. The molecule has 1 rings (SSSR count). The lowest BCUT2D eigenvalue weighted by Crippen LogP contribution is -2.15. The summed E-state index contributed by atoms with van der Waals surface area (Å²) in [4.78, 5) is 0. The van der Waals surface area contributed by atoms with Crippen molar-refractivity contribution in [2.75, 3.05) is 6.54 Å². The second-order valence-electron chi connectivity index (χ2n) is 4.14. The average molecular weight is 217 g/mol. The third kappa shape index (κ3) is 4.63. The predicted octanol–water partition coefficient (Wildman–Crippen LogP) is 4.00. The van der Waals surface area contributed by atoms with E-state index < -0.39 is 0 Å². The molecule has 0 fully saturated rings. The van der Waals surface area contributed by atoms with E-state index in [-0.39, 0.29) is 0 Å². The van der Waals surface area contributed by atoms with Crippen LogP contribution in [0.4, 0.5) is 0 Å². The molecule has 0 heterocycles. The van der Waals surface area contributed by atoms with Crippen LogP contribution in [0.3, 0.4) is 0 Å². The summed E-state index contributed by atoms with van der Waals surface area (Å²) >= 11 is 0. The van der Waals surface area contributed by atoms with Crippen molar-refractivity contribution in [3.63, 3.8) is 0 Å². The van der Waals surface area contributed by atoms with Gasteiger partial charge in [-0.2, -0.15) is 0 Å². The van der Waals surface area contributed by atoms with E-state index in [1.165, 1.54) is 36.8 Å². The van der Waals surface area contributed by atoms with Crippen molar-refractivity contribution in [3.8, 4) is 0 Å². The van der Waals surface area contributed by atoms with E-state index in [2.05, 4.69) is 43.1 Å². The number of nitrogens with one attached hydrogen (secondary N) is 1. The van der Waals surface area contributed by atoms with Gasteiger partial charge in [0.2, 0.25) is 0 Å². The van der Waals surface area contributed by atoms with Crippen molar-refractivity contribution in [1.29, 1.82) is 0 Å². The highest BCUT2D eigenvalue weighted by atomic mass is 14.8. The maximum atomic E-state index is 3.83. The Labute approximate surface area is 99.6 Å². The van der Waals surface area contributed by atoms with Crippen molar-refractivity contribution in [2.24, 2.45) is 0 Å². The SMILES string of the molecule is C=Cc1ccccc1CNCCCCCC. The minimum atomic E-state index is 0.953. The summed E-state index contributed by atoms with van der Waals surface area (Å²) in [5.74, 6) is 0. The van der Waals surface area contributed by atoms with Crippen LogP contribution < -0.4 is 5.32 Å². The molecule has 0 aliphatic heterocycles. The molecule has 1 N–H and O–H groups in total. The Kier molecular flexibility index (Phi) is 6.59. The molecule has 0 saturated heterocycles. The molecule has 1 nitrogen and oxygen atoms in total. The summed E-state index contributed by atoms with van der Waals surface area (Å²) in [6, 6.07) is 8.42. The fraction of sp³-hybridized carbons (Fsp3) is 0.467. The van der Waals surface area contributed by atoms with Crippen LogP contribution >= 0.6 is 0 Å². The van der Waals surface area contributed by atoms with Crippen molar-refractivity contribution < 1.29 is 0 Å². The molecule has 16 heavy (non-hydrogen) atoms. The normalized spacial score (nSPS) is 10.3. The zero-order chi connectivity index (χ0) is 11.6. The predicted molar refractivity (Wildman–Crippen MR) is 72.4 cm³/mol. The second-order valence-corrected chi connectivity index (χ2v) is 4.14. The summed E-state index contributed by atoms with van der Waals surface area (Å²) in [6.45, 7) is 8.15. The van der Waals surface area contributed by atoms with E-state index in [9.17, 15) is 0 Å². The van der Waals surface area contributed by atoms with Gasteiger partial charge in [-0.15, -0.1) is 0 Å². The third-order valence-electron chi connectivity index (χ3n) is 2.80. The molecule has 1 aromatic rings. The first kappa shape index (κ1) is 13.0. The Bertz CT molecular complexity index is 304. The Balaban J connectivity index is 2.23. The lowest BCUT2D eigenvalue weighted by molar-refractivity contribution is 0.598. The Hall–Kier alpha value is -1.08. The molecule has 0 bridgehead atoms. The van der Waals surface area contributed by atoms with Crippen LogP contribution in [0.25, 0.3) is 6.08 Å². The zero-order valence-electron chi connectivity index (χ0n) is 10.3. The summed E-state index contributed by atoms with van der Waals surface area (Å²) in [5.41, 5.74) is 2.58. The molecule has 0 amide bonds. The van der Waals surface area contributed by atoms with E-state index in [1.54, 1.807) is 0 Å². The van der Waals surface area contributed by atoms with Gasteiger partial charge in [-0.1, -0.05) is 63.1 Å². The summed E-state index contributed by atoms with van der Waals surface area (Å²) in [5, 5.41) is 3.49. The smallest absolute Gasteiger partial charge is 0.0211 e. The van der Waals surface area contributed by atoms with Gasteiger partial charge in [-0.05, 0) is 24.1 Å². The summed E-state index contributed by atoms with van der Waals surface area (Å²) in [6.07, 6.45) is 7.20. The van der Waals surface area contributed by atoms with Crippen LogP contribution in [0.15, 0.2) is 30.8 Å². The fourth-order valence-corrected chi connectivity index (χ4v) is 1.79. The van der Waals surface area contributed by atoms with Gasteiger partial charge in [0.1, 0.15) is 0 Å². The van der Waals surface area contributed by atoms with Gasteiger partial charge in [-0.25, -0.2) is 0 Å². The average Bonchev–Trinajstić information content (AvgIpc) is 2.34. The molecule has 0 aliphatic rings. The van der Waals surface area contributed by atoms with Crippen LogP contribution in [0.1, 0.15) is 43.7 Å². The first-order valence-corrected chi connectivity index (χ1v) is 6.29. The molecular weight excluding hydrogens is 194 g/mol. The highest BCUT2D eigenvalue weighted by Crippen LogP contribution is 2.09. The highest BCUT2D eigenvalue weighted by molar-refractivity contribution is 5.51. The highest BCUT2D eigenvalue weighted by Gasteiger charge is 1.96. The van der Waals surface area contributed by atoms with Crippen LogP contribution in [0.2, 0.25) is 0 Å². The van der Waals surface area contributed by atoms with Gasteiger partial charge in [0.05, 0.1) is 0 Å². The van der Waals surface area contributed by atoms with E-state index in [0.29, 0.717) is 0 Å². The number of rotatable bonds is 8. The van der Waals surface area contributed by atoms with Crippen LogP contribution in [-0.4, -0.2) is 6.54 Å². The van der Waals surface area contributed by atoms with Crippen molar-refractivity contribution >= 4 is 6.08 Å².